The SMILES string of the molecule is COc1ccc(CCNC(=O)Cc2ccc3ccccc3c2)cc1. The predicted octanol–water partition coefficient (Wildman–Crippen LogP) is 3.75. The van der Waals surface area contributed by atoms with E-state index >= 15 is 0 Å². The van der Waals surface area contributed by atoms with Crippen molar-refractivity contribution in [3.05, 3.63) is 77.9 Å². The van der Waals surface area contributed by atoms with Crippen LogP contribution < -0.4 is 10.1 Å². The van der Waals surface area contributed by atoms with Crippen LogP contribution in [0.2, 0.25) is 0 Å². The van der Waals surface area contributed by atoms with Gasteiger partial charge < -0.3 is 10.1 Å². The minimum Gasteiger partial charge on any atom is -0.497 e. The van der Waals surface area contributed by atoms with Gasteiger partial charge in [0.15, 0.2) is 0 Å². The van der Waals surface area contributed by atoms with Crippen molar-refractivity contribution in [3.8, 4) is 5.75 Å². The van der Waals surface area contributed by atoms with Gasteiger partial charge in [-0.3, -0.25) is 4.79 Å². The Kier molecular flexibility index (Phi) is 5.12. The number of methoxy groups -OCH3 is 1. The summed E-state index contributed by atoms with van der Waals surface area (Å²) in [6, 6.07) is 22.3. The van der Waals surface area contributed by atoms with Crippen molar-refractivity contribution in [2.45, 2.75) is 12.8 Å². The predicted molar refractivity (Wildman–Crippen MR) is 97.4 cm³/mol. The first-order chi connectivity index (χ1) is 11.7. The van der Waals surface area contributed by atoms with Gasteiger partial charge >= 0.3 is 0 Å². The molecule has 0 bridgehead atoms. The molecule has 3 aromatic carbocycles. The summed E-state index contributed by atoms with van der Waals surface area (Å²) >= 11 is 0. The van der Waals surface area contributed by atoms with Crippen LogP contribution in [0.1, 0.15) is 11.1 Å². The molecule has 0 saturated carbocycles. The summed E-state index contributed by atoms with van der Waals surface area (Å²) in [6.45, 7) is 0.638. The van der Waals surface area contributed by atoms with E-state index in [1.807, 2.05) is 42.5 Å². The molecule has 122 valence electrons. The average Bonchev–Trinajstić information content (AvgIpc) is 2.62. The van der Waals surface area contributed by atoms with Crippen LogP contribution in [0.25, 0.3) is 10.8 Å². The molecular formula is C21H21NO2. The van der Waals surface area contributed by atoms with Crippen molar-refractivity contribution in [2.75, 3.05) is 13.7 Å². The summed E-state index contributed by atoms with van der Waals surface area (Å²) in [5, 5.41) is 5.35. The highest BCUT2D eigenvalue weighted by Gasteiger charge is 2.04. The Bertz CT molecular complexity index is 825. The molecule has 0 aliphatic rings. The van der Waals surface area contributed by atoms with Crippen LogP contribution in [0.3, 0.4) is 0 Å². The molecule has 3 rings (SSSR count). The van der Waals surface area contributed by atoms with Gasteiger partial charge in [-0.1, -0.05) is 54.6 Å². The van der Waals surface area contributed by atoms with Crippen molar-refractivity contribution >= 4 is 16.7 Å². The maximum Gasteiger partial charge on any atom is 0.224 e. The van der Waals surface area contributed by atoms with E-state index in [1.54, 1.807) is 7.11 Å². The van der Waals surface area contributed by atoms with Gasteiger partial charge in [-0.2, -0.15) is 0 Å². The topological polar surface area (TPSA) is 38.3 Å². The van der Waals surface area contributed by atoms with Crippen molar-refractivity contribution in [2.24, 2.45) is 0 Å². The van der Waals surface area contributed by atoms with Gasteiger partial charge in [0.2, 0.25) is 5.91 Å². The lowest BCUT2D eigenvalue weighted by molar-refractivity contribution is -0.120. The molecule has 0 saturated heterocycles. The number of benzene rings is 3. The first-order valence-electron chi connectivity index (χ1n) is 8.12. The Hall–Kier alpha value is -2.81. The molecule has 0 atom stereocenters. The second-order valence-corrected chi connectivity index (χ2v) is 5.81. The lowest BCUT2D eigenvalue weighted by Crippen LogP contribution is -2.27. The number of hydrogen-bond donors (Lipinski definition) is 1. The quantitative estimate of drug-likeness (QED) is 0.751. The van der Waals surface area contributed by atoms with Crippen LogP contribution in [0.4, 0.5) is 0 Å². The number of ether oxygens (including phenoxy) is 1. The zero-order valence-corrected chi connectivity index (χ0v) is 13.8. The Morgan fingerprint density at radius 3 is 2.38 bits per heavy atom. The Morgan fingerprint density at radius 2 is 1.62 bits per heavy atom. The molecule has 24 heavy (non-hydrogen) atoms. The summed E-state index contributed by atoms with van der Waals surface area (Å²) in [5.41, 5.74) is 2.22. The minimum absolute atomic E-state index is 0.0544. The molecule has 0 aliphatic carbocycles. The molecule has 3 heteroatoms. The molecule has 1 N–H and O–H groups in total. The average molecular weight is 319 g/mol. The third kappa shape index (κ3) is 4.13. The summed E-state index contributed by atoms with van der Waals surface area (Å²) in [6.07, 6.45) is 1.22. The normalized spacial score (nSPS) is 10.5. The van der Waals surface area contributed by atoms with Crippen molar-refractivity contribution in [3.63, 3.8) is 0 Å². The minimum atomic E-state index is 0.0544. The highest BCUT2D eigenvalue weighted by Crippen LogP contribution is 2.16. The van der Waals surface area contributed by atoms with Gasteiger partial charge in [0, 0.05) is 6.54 Å². The van der Waals surface area contributed by atoms with Crippen LogP contribution in [0, 0.1) is 0 Å². The number of rotatable bonds is 6. The van der Waals surface area contributed by atoms with Crippen LogP contribution in [-0.2, 0) is 17.6 Å². The second-order valence-electron chi connectivity index (χ2n) is 5.81. The third-order valence-electron chi connectivity index (χ3n) is 4.07. The van der Waals surface area contributed by atoms with Crippen molar-refractivity contribution in [1.29, 1.82) is 0 Å². The first-order valence-corrected chi connectivity index (χ1v) is 8.12. The standard InChI is InChI=1S/C21H21NO2/c1-24-20-10-7-16(8-11-20)12-13-22-21(23)15-17-6-9-18-4-2-3-5-19(18)14-17/h2-11,14H,12-13,15H2,1H3,(H,22,23). The molecule has 0 aliphatic heterocycles. The summed E-state index contributed by atoms with van der Waals surface area (Å²) in [7, 11) is 1.65. The highest BCUT2D eigenvalue weighted by molar-refractivity contribution is 5.85. The molecule has 3 nitrogen and oxygen atoms in total. The molecule has 0 heterocycles. The summed E-state index contributed by atoms with van der Waals surface area (Å²) in [5.74, 6) is 0.901. The van der Waals surface area contributed by atoms with Gasteiger partial charge in [-0.05, 0) is 40.5 Å². The van der Waals surface area contributed by atoms with Crippen LogP contribution in [-0.4, -0.2) is 19.6 Å². The number of amides is 1. The number of carbonyl (C=O) groups is 1. The van der Waals surface area contributed by atoms with Gasteiger partial charge in [0.05, 0.1) is 13.5 Å². The third-order valence-corrected chi connectivity index (χ3v) is 4.07. The molecule has 0 radical (unpaired) electrons. The zero-order valence-electron chi connectivity index (χ0n) is 13.8. The lowest BCUT2D eigenvalue weighted by atomic mass is 10.0. The molecule has 0 fully saturated rings. The largest absolute Gasteiger partial charge is 0.497 e. The van der Waals surface area contributed by atoms with Crippen molar-refractivity contribution in [1.82, 2.24) is 5.32 Å². The monoisotopic (exact) mass is 319 g/mol. The number of fused-ring (bicyclic) bond motifs is 1. The Labute approximate surface area is 142 Å². The van der Waals surface area contributed by atoms with E-state index in [0.717, 1.165) is 17.7 Å². The Balaban J connectivity index is 1.51. The fourth-order valence-electron chi connectivity index (χ4n) is 2.74. The fraction of sp³-hybridized carbons (Fsp3) is 0.190. The van der Waals surface area contributed by atoms with E-state index in [-0.39, 0.29) is 5.91 Å². The molecule has 1 amide bonds. The molecular weight excluding hydrogens is 298 g/mol. The van der Waals surface area contributed by atoms with Crippen molar-refractivity contribution < 1.29 is 9.53 Å². The van der Waals surface area contributed by atoms with E-state index in [4.69, 9.17) is 4.74 Å². The zero-order chi connectivity index (χ0) is 16.8. The van der Waals surface area contributed by atoms with E-state index in [1.165, 1.54) is 16.3 Å². The van der Waals surface area contributed by atoms with E-state index in [2.05, 4.69) is 29.6 Å². The van der Waals surface area contributed by atoms with E-state index < -0.39 is 0 Å². The van der Waals surface area contributed by atoms with E-state index in [9.17, 15) is 4.79 Å². The second kappa shape index (κ2) is 7.64. The van der Waals surface area contributed by atoms with Crippen LogP contribution in [0.5, 0.6) is 5.75 Å². The smallest absolute Gasteiger partial charge is 0.224 e. The number of hydrogen-bond acceptors (Lipinski definition) is 2. The maximum atomic E-state index is 12.1. The van der Waals surface area contributed by atoms with Gasteiger partial charge in [0.1, 0.15) is 5.75 Å². The van der Waals surface area contributed by atoms with Gasteiger partial charge in [0.25, 0.3) is 0 Å². The number of nitrogens with one attached hydrogen (secondary N) is 1. The lowest BCUT2D eigenvalue weighted by Gasteiger charge is -2.07. The fourth-order valence-corrected chi connectivity index (χ4v) is 2.74. The Morgan fingerprint density at radius 1 is 0.917 bits per heavy atom. The molecule has 3 aromatic rings. The van der Waals surface area contributed by atoms with E-state index in [0.29, 0.717) is 13.0 Å². The van der Waals surface area contributed by atoms with Gasteiger partial charge in [-0.25, -0.2) is 0 Å². The van der Waals surface area contributed by atoms with Crippen LogP contribution >= 0.6 is 0 Å². The first kappa shape index (κ1) is 16.1. The number of carbonyl (C=O) groups excluding carboxylic acids is 1. The molecule has 0 unspecified atom stereocenters. The molecule has 0 aromatic heterocycles. The summed E-state index contributed by atoms with van der Waals surface area (Å²) < 4.78 is 5.14. The highest BCUT2D eigenvalue weighted by atomic mass is 16.5. The van der Waals surface area contributed by atoms with Gasteiger partial charge in [-0.15, -0.1) is 0 Å². The maximum absolute atomic E-state index is 12.1. The molecule has 0 spiro atoms. The van der Waals surface area contributed by atoms with Crippen LogP contribution in [0.15, 0.2) is 66.7 Å². The summed E-state index contributed by atoms with van der Waals surface area (Å²) in [4.78, 5) is 12.1.